The standard InChI is InChI=1S/C25H19FN6O3/c26-14-6-7-18-17(11-14)30-24(34-18)21-20-15(28-12-29-20)8-10-32(21)25(33)22-19(13-4-5-13)31-23(35-22)16-3-1-2-9-27-16/h1-3,6-7,9,11-13,21H,4-5,8,10H2,(H,28,29)/t21-/m0/s1. The number of nitrogens with one attached hydrogen (secondary N) is 1. The van der Waals surface area contributed by atoms with Crippen LogP contribution in [0.15, 0.2) is 57.8 Å². The predicted molar refractivity (Wildman–Crippen MR) is 121 cm³/mol. The summed E-state index contributed by atoms with van der Waals surface area (Å²) in [6.07, 6.45) is 5.76. The highest BCUT2D eigenvalue weighted by Crippen LogP contribution is 2.44. The van der Waals surface area contributed by atoms with Crippen LogP contribution >= 0.6 is 0 Å². The quantitative estimate of drug-likeness (QED) is 0.414. The minimum Gasteiger partial charge on any atom is -0.438 e. The molecule has 1 aliphatic carbocycles. The van der Waals surface area contributed by atoms with Crippen molar-refractivity contribution in [1.29, 1.82) is 0 Å². The summed E-state index contributed by atoms with van der Waals surface area (Å²) in [5.41, 5.74) is 3.59. The van der Waals surface area contributed by atoms with Crippen molar-refractivity contribution in [2.75, 3.05) is 6.54 Å². The number of halogens is 1. The molecule has 7 rings (SSSR count). The van der Waals surface area contributed by atoms with Gasteiger partial charge < -0.3 is 18.7 Å². The van der Waals surface area contributed by atoms with Crippen molar-refractivity contribution in [2.45, 2.75) is 31.2 Å². The number of H-pyrrole nitrogens is 1. The SMILES string of the molecule is O=C(c1oc(-c2ccccn2)nc1C1CC1)N1CCc2[nH]cnc2[C@H]1c1nc2cc(F)ccc2o1. The van der Waals surface area contributed by atoms with Crippen molar-refractivity contribution in [3.8, 4) is 11.6 Å². The molecule has 1 saturated carbocycles. The molecule has 2 aliphatic rings. The second-order valence-corrected chi connectivity index (χ2v) is 8.80. The molecule has 5 aromatic rings. The molecule has 35 heavy (non-hydrogen) atoms. The Morgan fingerprint density at radius 2 is 2.00 bits per heavy atom. The number of oxazole rings is 2. The summed E-state index contributed by atoms with van der Waals surface area (Å²) in [6.45, 7) is 0.398. The van der Waals surface area contributed by atoms with Crippen molar-refractivity contribution >= 4 is 17.0 Å². The second-order valence-electron chi connectivity index (χ2n) is 8.80. The molecule has 5 heterocycles. The molecule has 1 N–H and O–H groups in total. The molecule has 0 saturated heterocycles. The Kier molecular flexibility index (Phi) is 4.35. The van der Waals surface area contributed by atoms with Crippen LogP contribution in [0.25, 0.3) is 22.7 Å². The van der Waals surface area contributed by atoms with E-state index in [0.717, 1.165) is 18.5 Å². The monoisotopic (exact) mass is 470 g/mol. The zero-order valence-electron chi connectivity index (χ0n) is 18.4. The number of amides is 1. The molecule has 4 aromatic heterocycles. The van der Waals surface area contributed by atoms with Crippen molar-refractivity contribution in [3.63, 3.8) is 0 Å². The lowest BCUT2D eigenvalue weighted by Crippen LogP contribution is -2.41. The average Bonchev–Trinajstić information content (AvgIpc) is 3.28. The summed E-state index contributed by atoms with van der Waals surface area (Å²) >= 11 is 0. The van der Waals surface area contributed by atoms with E-state index in [0.29, 0.717) is 47.0 Å². The smallest absolute Gasteiger partial charge is 0.292 e. The van der Waals surface area contributed by atoms with E-state index in [2.05, 4.69) is 24.9 Å². The zero-order chi connectivity index (χ0) is 23.5. The Hall–Kier alpha value is -4.34. The number of imidazole rings is 1. The first-order chi connectivity index (χ1) is 17.2. The highest BCUT2D eigenvalue weighted by Gasteiger charge is 2.42. The van der Waals surface area contributed by atoms with Crippen LogP contribution in [0.2, 0.25) is 0 Å². The maximum Gasteiger partial charge on any atom is 0.292 e. The molecule has 0 bridgehead atoms. The molecule has 1 aromatic carbocycles. The summed E-state index contributed by atoms with van der Waals surface area (Å²) in [5, 5.41) is 0. The lowest BCUT2D eigenvalue weighted by molar-refractivity contribution is 0.0634. The number of nitrogens with zero attached hydrogens (tertiary/aromatic N) is 5. The molecule has 9 nitrogen and oxygen atoms in total. The highest BCUT2D eigenvalue weighted by atomic mass is 19.1. The van der Waals surface area contributed by atoms with Crippen LogP contribution < -0.4 is 0 Å². The average molecular weight is 470 g/mol. The maximum absolute atomic E-state index is 14.0. The number of aromatic nitrogens is 5. The first-order valence-electron chi connectivity index (χ1n) is 11.5. The van der Waals surface area contributed by atoms with Gasteiger partial charge in [-0.2, -0.15) is 0 Å². The van der Waals surface area contributed by atoms with Gasteiger partial charge in [0.25, 0.3) is 5.91 Å². The number of pyridine rings is 1. The molecule has 10 heteroatoms. The van der Waals surface area contributed by atoms with Gasteiger partial charge in [-0.15, -0.1) is 0 Å². The second kappa shape index (κ2) is 7.59. The minimum absolute atomic E-state index is 0.187. The third-order valence-electron chi connectivity index (χ3n) is 6.48. The third kappa shape index (κ3) is 3.32. The number of rotatable bonds is 4. The lowest BCUT2D eigenvalue weighted by atomic mass is 10.0. The number of hydrogen-bond acceptors (Lipinski definition) is 7. The van der Waals surface area contributed by atoms with Crippen LogP contribution in [0.5, 0.6) is 0 Å². The van der Waals surface area contributed by atoms with E-state index in [-0.39, 0.29) is 23.5 Å². The Balaban J connectivity index is 1.33. The molecule has 1 amide bonds. The Labute approximate surface area is 198 Å². The number of hydrogen-bond donors (Lipinski definition) is 1. The van der Waals surface area contributed by atoms with Gasteiger partial charge in [-0.25, -0.2) is 19.3 Å². The molecule has 1 atom stereocenters. The zero-order valence-corrected chi connectivity index (χ0v) is 18.4. The van der Waals surface area contributed by atoms with E-state index in [4.69, 9.17) is 8.83 Å². The number of carbonyl (C=O) groups excluding carboxylic acids is 1. The first kappa shape index (κ1) is 20.1. The topological polar surface area (TPSA) is 114 Å². The molecule has 1 fully saturated rings. The first-order valence-corrected chi connectivity index (χ1v) is 11.5. The molecule has 0 spiro atoms. The minimum atomic E-state index is -0.691. The van der Waals surface area contributed by atoms with Crippen LogP contribution in [0.3, 0.4) is 0 Å². The Bertz CT molecular complexity index is 1570. The van der Waals surface area contributed by atoms with Gasteiger partial charge in [-0.05, 0) is 37.1 Å². The molecular weight excluding hydrogens is 451 g/mol. The normalized spacial score (nSPS) is 17.6. The fourth-order valence-corrected chi connectivity index (χ4v) is 4.63. The number of carbonyl (C=O) groups is 1. The number of aromatic amines is 1. The van der Waals surface area contributed by atoms with E-state index in [1.165, 1.54) is 18.2 Å². The van der Waals surface area contributed by atoms with Gasteiger partial charge in [-0.1, -0.05) is 6.07 Å². The van der Waals surface area contributed by atoms with Crippen molar-refractivity contribution in [1.82, 2.24) is 29.8 Å². The van der Waals surface area contributed by atoms with E-state index < -0.39 is 11.9 Å². The van der Waals surface area contributed by atoms with E-state index in [1.807, 2.05) is 12.1 Å². The molecule has 0 unspecified atom stereocenters. The van der Waals surface area contributed by atoms with E-state index in [1.54, 1.807) is 23.5 Å². The molecule has 1 aliphatic heterocycles. The summed E-state index contributed by atoms with van der Waals surface area (Å²) in [5.74, 6) is 0.262. The molecule has 174 valence electrons. The van der Waals surface area contributed by atoms with Gasteiger partial charge in [0.15, 0.2) is 11.6 Å². The van der Waals surface area contributed by atoms with Gasteiger partial charge in [0.05, 0.1) is 17.7 Å². The van der Waals surface area contributed by atoms with Crippen LogP contribution in [0.1, 0.15) is 58.3 Å². The summed E-state index contributed by atoms with van der Waals surface area (Å²) < 4.78 is 25.8. The van der Waals surface area contributed by atoms with Gasteiger partial charge in [0.2, 0.25) is 17.5 Å². The summed E-state index contributed by atoms with van der Waals surface area (Å²) in [7, 11) is 0. The maximum atomic E-state index is 14.0. The highest BCUT2D eigenvalue weighted by molar-refractivity contribution is 5.94. The van der Waals surface area contributed by atoms with Gasteiger partial charge in [-0.3, -0.25) is 9.78 Å². The van der Waals surface area contributed by atoms with Crippen molar-refractivity contribution < 1.29 is 18.0 Å². The van der Waals surface area contributed by atoms with Crippen LogP contribution in [0, 0.1) is 5.82 Å². The van der Waals surface area contributed by atoms with Crippen molar-refractivity contribution in [3.05, 3.63) is 83.5 Å². The number of fused-ring (bicyclic) bond motifs is 2. The Morgan fingerprint density at radius 1 is 1.09 bits per heavy atom. The van der Waals surface area contributed by atoms with Crippen LogP contribution in [-0.4, -0.2) is 42.3 Å². The number of benzene rings is 1. The van der Waals surface area contributed by atoms with Gasteiger partial charge in [0.1, 0.15) is 17.0 Å². The van der Waals surface area contributed by atoms with Gasteiger partial charge >= 0.3 is 0 Å². The summed E-state index contributed by atoms with van der Waals surface area (Å²) in [4.78, 5) is 36.7. The van der Waals surface area contributed by atoms with Crippen LogP contribution in [-0.2, 0) is 6.42 Å². The van der Waals surface area contributed by atoms with E-state index in [9.17, 15) is 9.18 Å². The third-order valence-corrected chi connectivity index (χ3v) is 6.48. The fourth-order valence-electron chi connectivity index (χ4n) is 4.63. The summed E-state index contributed by atoms with van der Waals surface area (Å²) in [6, 6.07) is 8.92. The van der Waals surface area contributed by atoms with Crippen LogP contribution in [0.4, 0.5) is 4.39 Å². The van der Waals surface area contributed by atoms with Crippen molar-refractivity contribution in [2.24, 2.45) is 0 Å². The van der Waals surface area contributed by atoms with E-state index >= 15 is 0 Å². The molecule has 0 radical (unpaired) electrons. The predicted octanol–water partition coefficient (Wildman–Crippen LogP) is 4.41. The largest absolute Gasteiger partial charge is 0.438 e. The fraction of sp³-hybridized carbons (Fsp3) is 0.240. The lowest BCUT2D eigenvalue weighted by Gasteiger charge is -2.32. The molecular formula is C25H19FN6O3. The Morgan fingerprint density at radius 3 is 2.83 bits per heavy atom. The van der Waals surface area contributed by atoms with Gasteiger partial charge in [0, 0.05) is 36.8 Å².